The quantitative estimate of drug-likeness (QED) is 0.310. The summed E-state index contributed by atoms with van der Waals surface area (Å²) in [5, 5.41) is 4.81. The fourth-order valence-corrected chi connectivity index (χ4v) is 7.28. The molecule has 2 aromatic carbocycles. The fraction of sp³-hybridized carbons (Fsp3) is 0.154. The minimum absolute atomic E-state index is 0.152. The second-order valence-electron chi connectivity index (χ2n) is 8.02. The van der Waals surface area contributed by atoms with Gasteiger partial charge in [-0.25, -0.2) is 0 Å². The summed E-state index contributed by atoms with van der Waals surface area (Å²) < 4.78 is 15.9. The van der Waals surface area contributed by atoms with Gasteiger partial charge in [0, 0.05) is 0 Å². The number of aromatic nitrogens is 4. The monoisotopic (exact) mass is 502 g/mol. The zero-order valence-corrected chi connectivity index (χ0v) is 20.5. The third-order valence-corrected chi connectivity index (χ3v) is 8.49. The Morgan fingerprint density at radius 2 is 1.09 bits per heavy atom. The van der Waals surface area contributed by atoms with Crippen LogP contribution in [0.4, 0.5) is 0 Å². The van der Waals surface area contributed by atoms with Gasteiger partial charge in [-0.2, -0.15) is 0 Å². The molecule has 0 aliphatic rings. The van der Waals surface area contributed by atoms with Crippen molar-refractivity contribution in [2.75, 3.05) is 14.2 Å². The number of ether oxygens (including phenoxy) is 2. The van der Waals surface area contributed by atoms with Gasteiger partial charge in [0.2, 0.25) is 0 Å². The Balaban J connectivity index is 1.73. The topological polar surface area (TPSA) is 54.1 Å². The molecule has 0 N–H and O–H groups in total. The number of rotatable bonds is 4. The van der Waals surface area contributed by atoms with Crippen LogP contribution in [0.1, 0.15) is 11.4 Å². The van der Waals surface area contributed by atoms with E-state index in [1.54, 1.807) is 14.2 Å². The minimum atomic E-state index is -0.152. The molecule has 0 bridgehead atoms. The Kier molecular flexibility index (Phi) is 4.57. The van der Waals surface area contributed by atoms with Gasteiger partial charge in [0.25, 0.3) is 0 Å². The number of methoxy groups -OCH3 is 2. The summed E-state index contributed by atoms with van der Waals surface area (Å²) in [5.74, 6) is 1.68. The molecule has 0 atom stereocenters. The summed E-state index contributed by atoms with van der Waals surface area (Å²) in [5.41, 5.74) is 6.61. The van der Waals surface area contributed by atoms with Crippen molar-refractivity contribution in [3.63, 3.8) is 0 Å². The molecule has 0 fully saturated rings. The number of fused-ring (bicyclic) bond motifs is 6. The van der Waals surface area contributed by atoms with Gasteiger partial charge in [-0.3, -0.25) is 0 Å². The Morgan fingerprint density at radius 1 is 0.636 bits per heavy atom. The molecule has 0 saturated heterocycles. The van der Waals surface area contributed by atoms with Gasteiger partial charge >= 0.3 is 197 Å². The molecule has 0 unspecified atom stereocenters. The predicted molar refractivity (Wildman–Crippen MR) is 134 cm³/mol. The standard InChI is InChI=1S/C26H22N4O2Se/c1-15-25-21(9-11-27-15)19-7-5-17(31-3)13-23(19)29(25)33-30-24-14-18(32-4)6-8-20(24)22-10-12-28-16(2)26(22)30/h5-14H,1-4H3. The van der Waals surface area contributed by atoms with Gasteiger partial charge in [0.1, 0.15) is 0 Å². The van der Waals surface area contributed by atoms with E-state index in [-0.39, 0.29) is 15.4 Å². The van der Waals surface area contributed by atoms with Crippen LogP contribution in [0.5, 0.6) is 11.5 Å². The molecule has 6 aromatic rings. The molecule has 0 saturated carbocycles. The molecule has 4 aromatic heterocycles. The number of nitrogens with zero attached hydrogens (tertiary/aromatic N) is 4. The summed E-state index contributed by atoms with van der Waals surface area (Å²) in [6.07, 6.45) is 3.77. The molecule has 164 valence electrons. The Labute approximate surface area is 197 Å². The van der Waals surface area contributed by atoms with Crippen LogP contribution in [-0.4, -0.2) is 46.7 Å². The van der Waals surface area contributed by atoms with Crippen molar-refractivity contribution in [3.05, 3.63) is 72.3 Å². The summed E-state index contributed by atoms with van der Waals surface area (Å²) in [6, 6.07) is 16.8. The van der Waals surface area contributed by atoms with Gasteiger partial charge < -0.3 is 0 Å². The van der Waals surface area contributed by atoms with Crippen LogP contribution in [0.15, 0.2) is 60.9 Å². The van der Waals surface area contributed by atoms with Gasteiger partial charge in [0.05, 0.1) is 0 Å². The first kappa shape index (κ1) is 20.1. The molecule has 6 nitrogen and oxygen atoms in total. The molecule has 0 spiro atoms. The molecule has 0 amide bonds. The van der Waals surface area contributed by atoms with Crippen molar-refractivity contribution in [3.8, 4) is 11.5 Å². The van der Waals surface area contributed by atoms with Crippen molar-refractivity contribution in [2.45, 2.75) is 13.8 Å². The number of benzene rings is 2. The van der Waals surface area contributed by atoms with Crippen LogP contribution in [0, 0.1) is 13.8 Å². The van der Waals surface area contributed by atoms with Crippen LogP contribution < -0.4 is 9.47 Å². The maximum absolute atomic E-state index is 5.57. The second kappa shape index (κ2) is 7.51. The van der Waals surface area contributed by atoms with E-state index in [1.807, 2.05) is 24.5 Å². The molecule has 7 heteroatoms. The molecule has 4 heterocycles. The van der Waals surface area contributed by atoms with Crippen molar-refractivity contribution in [1.29, 1.82) is 0 Å². The van der Waals surface area contributed by atoms with E-state index in [4.69, 9.17) is 9.47 Å². The average Bonchev–Trinajstić information content (AvgIpc) is 3.33. The summed E-state index contributed by atoms with van der Waals surface area (Å²) in [4.78, 5) is 9.24. The summed E-state index contributed by atoms with van der Waals surface area (Å²) in [6.45, 7) is 4.15. The van der Waals surface area contributed by atoms with Gasteiger partial charge in [0.15, 0.2) is 0 Å². The Bertz CT molecular complexity index is 1570. The van der Waals surface area contributed by atoms with E-state index in [2.05, 4.69) is 67.4 Å². The normalized spacial score (nSPS) is 11.8. The predicted octanol–water partition coefficient (Wildman–Crippen LogP) is 5.26. The molecule has 0 aliphatic carbocycles. The van der Waals surface area contributed by atoms with E-state index in [0.717, 1.165) is 45.0 Å². The molecular weight excluding hydrogens is 479 g/mol. The zero-order valence-electron chi connectivity index (χ0n) is 18.8. The SMILES string of the molecule is COc1ccc2c3ccnc(C)c3n([Se]n3c4cc(OC)ccc4c4ccnc(C)c43)c2c1. The van der Waals surface area contributed by atoms with Crippen molar-refractivity contribution < 1.29 is 9.47 Å². The number of hydrogen-bond donors (Lipinski definition) is 0. The van der Waals surface area contributed by atoms with E-state index in [9.17, 15) is 0 Å². The molecule has 6 rings (SSSR count). The first-order chi connectivity index (χ1) is 16.1. The van der Waals surface area contributed by atoms with Gasteiger partial charge in [-0.1, -0.05) is 0 Å². The molecule has 0 radical (unpaired) electrons. The molecular formula is C26H22N4O2Se. The Hall–Kier alpha value is -3.54. The van der Waals surface area contributed by atoms with Crippen LogP contribution in [0.2, 0.25) is 0 Å². The Morgan fingerprint density at radius 3 is 1.52 bits per heavy atom. The third-order valence-electron chi connectivity index (χ3n) is 6.21. The van der Waals surface area contributed by atoms with Gasteiger partial charge in [-0.15, -0.1) is 0 Å². The molecule has 33 heavy (non-hydrogen) atoms. The second-order valence-corrected chi connectivity index (χ2v) is 9.90. The first-order valence-corrected chi connectivity index (χ1v) is 12.2. The summed E-state index contributed by atoms with van der Waals surface area (Å²) >= 11 is -0.152. The first-order valence-electron chi connectivity index (χ1n) is 10.7. The maximum atomic E-state index is 5.57. The van der Waals surface area contributed by atoms with Crippen molar-refractivity contribution in [2.24, 2.45) is 0 Å². The van der Waals surface area contributed by atoms with E-state index < -0.39 is 0 Å². The third kappa shape index (κ3) is 2.93. The number of aryl methyl sites for hydroxylation is 2. The van der Waals surface area contributed by atoms with E-state index in [0.29, 0.717) is 0 Å². The van der Waals surface area contributed by atoms with Gasteiger partial charge in [-0.05, 0) is 0 Å². The van der Waals surface area contributed by atoms with E-state index in [1.165, 1.54) is 21.5 Å². The summed E-state index contributed by atoms with van der Waals surface area (Å²) in [7, 11) is 3.42. The van der Waals surface area contributed by atoms with Crippen LogP contribution in [0.3, 0.4) is 0 Å². The zero-order chi connectivity index (χ0) is 22.7. The number of pyridine rings is 2. The molecule has 0 aliphatic heterocycles. The van der Waals surface area contributed by atoms with Crippen LogP contribution in [0.25, 0.3) is 43.6 Å². The van der Waals surface area contributed by atoms with Crippen molar-refractivity contribution in [1.82, 2.24) is 17.1 Å². The van der Waals surface area contributed by atoms with Crippen LogP contribution >= 0.6 is 0 Å². The number of hydrogen-bond acceptors (Lipinski definition) is 4. The average molecular weight is 501 g/mol. The van der Waals surface area contributed by atoms with E-state index >= 15 is 0 Å². The van der Waals surface area contributed by atoms with Crippen LogP contribution in [-0.2, 0) is 0 Å². The van der Waals surface area contributed by atoms with Crippen molar-refractivity contribution >= 4 is 59.0 Å². The fourth-order valence-electron chi connectivity index (χ4n) is 4.63.